The second kappa shape index (κ2) is 8.17. The number of hydrogen-bond donors (Lipinski definition) is 1. The smallest absolute Gasteiger partial charge is 0.414 e. The van der Waals surface area contributed by atoms with Crippen LogP contribution in [0.25, 0.3) is 11.0 Å². The van der Waals surface area contributed by atoms with E-state index in [1.54, 1.807) is 4.90 Å². The Hall–Kier alpha value is -2.86. The van der Waals surface area contributed by atoms with Crippen LogP contribution in [0, 0.1) is 11.8 Å². The van der Waals surface area contributed by atoms with Gasteiger partial charge in [-0.2, -0.15) is 0 Å². The molecule has 0 unspecified atom stereocenters. The number of nitrogens with one attached hydrogen (secondary N) is 1. The number of carbonyl (C=O) groups excluding carboxylic acids is 1. The van der Waals surface area contributed by atoms with Crippen LogP contribution in [-0.2, 0) is 17.6 Å². The normalized spacial score (nSPS) is 26.4. The van der Waals surface area contributed by atoms with Crippen LogP contribution < -0.4 is 10.2 Å². The van der Waals surface area contributed by atoms with Gasteiger partial charge >= 0.3 is 6.09 Å². The van der Waals surface area contributed by atoms with Crippen molar-refractivity contribution >= 4 is 22.8 Å². The summed E-state index contributed by atoms with van der Waals surface area (Å²) in [5.41, 5.74) is 5.70. The highest BCUT2D eigenvalue weighted by molar-refractivity contribution is 5.95. The Morgan fingerprint density at radius 3 is 2.79 bits per heavy atom. The number of aromatic nitrogens is 2. The molecule has 6 heteroatoms. The van der Waals surface area contributed by atoms with E-state index in [1.807, 2.05) is 0 Å². The lowest BCUT2D eigenvalue weighted by atomic mass is 9.95. The van der Waals surface area contributed by atoms with Gasteiger partial charge in [-0.05, 0) is 68.7 Å². The number of aryl methyl sites for hydroxylation is 1. The van der Waals surface area contributed by atoms with Crippen molar-refractivity contribution in [2.75, 3.05) is 25.1 Å². The minimum absolute atomic E-state index is 0.119. The molecular formula is C27H32N4O2. The number of carbonyl (C=O) groups is 1. The van der Waals surface area contributed by atoms with Gasteiger partial charge < -0.3 is 14.6 Å². The fourth-order valence-electron chi connectivity index (χ4n) is 6.54. The predicted octanol–water partition coefficient (Wildman–Crippen LogP) is 4.71. The van der Waals surface area contributed by atoms with Gasteiger partial charge in [-0.1, -0.05) is 30.3 Å². The van der Waals surface area contributed by atoms with Gasteiger partial charge in [-0.3, -0.25) is 4.90 Å². The second-order valence-electron chi connectivity index (χ2n) is 9.95. The van der Waals surface area contributed by atoms with Crippen LogP contribution in [0.15, 0.2) is 42.5 Å². The fourth-order valence-corrected chi connectivity index (χ4v) is 6.54. The number of amides is 1. The highest BCUT2D eigenvalue weighted by Crippen LogP contribution is 2.45. The lowest BCUT2D eigenvalue weighted by Gasteiger charge is -2.34. The second-order valence-corrected chi connectivity index (χ2v) is 9.95. The Morgan fingerprint density at radius 2 is 1.97 bits per heavy atom. The van der Waals surface area contributed by atoms with E-state index in [0.717, 1.165) is 55.3 Å². The lowest BCUT2D eigenvalue weighted by Crippen LogP contribution is -2.42. The number of nitrogens with zero attached hydrogens (tertiary/aromatic N) is 3. The van der Waals surface area contributed by atoms with Gasteiger partial charge in [0, 0.05) is 30.6 Å². The summed E-state index contributed by atoms with van der Waals surface area (Å²) in [6, 6.07) is 15.6. The van der Waals surface area contributed by atoms with E-state index in [-0.39, 0.29) is 12.1 Å². The van der Waals surface area contributed by atoms with E-state index in [4.69, 9.17) is 9.72 Å². The van der Waals surface area contributed by atoms with Crippen molar-refractivity contribution in [1.82, 2.24) is 14.9 Å². The topological polar surface area (TPSA) is 59.4 Å². The molecule has 3 aromatic rings. The molecule has 1 saturated carbocycles. The average Bonchev–Trinajstić information content (AvgIpc) is 3.53. The molecule has 33 heavy (non-hydrogen) atoms. The summed E-state index contributed by atoms with van der Waals surface area (Å²) in [5.74, 6) is 2.58. The Bertz CT molecular complexity index is 1190. The van der Waals surface area contributed by atoms with Crippen LogP contribution in [-0.4, -0.2) is 41.9 Å². The number of anilines is 1. The van der Waals surface area contributed by atoms with Gasteiger partial charge in [0.05, 0.1) is 23.8 Å². The molecule has 1 aliphatic carbocycles. The Morgan fingerprint density at radius 1 is 1.12 bits per heavy atom. The summed E-state index contributed by atoms with van der Waals surface area (Å²) < 4.78 is 7.68. The van der Waals surface area contributed by atoms with Crippen LogP contribution in [0.1, 0.15) is 49.2 Å². The molecule has 3 aliphatic rings. The third kappa shape index (κ3) is 3.34. The molecule has 3 heterocycles. The third-order valence-electron chi connectivity index (χ3n) is 8.16. The average molecular weight is 445 g/mol. The van der Waals surface area contributed by atoms with Crippen LogP contribution in [0.2, 0.25) is 0 Å². The maximum absolute atomic E-state index is 12.6. The zero-order valence-corrected chi connectivity index (χ0v) is 19.5. The van der Waals surface area contributed by atoms with Crippen molar-refractivity contribution in [2.24, 2.45) is 11.8 Å². The molecule has 0 spiro atoms. The van der Waals surface area contributed by atoms with Crippen LogP contribution in [0.3, 0.4) is 0 Å². The van der Waals surface area contributed by atoms with Gasteiger partial charge in [0.1, 0.15) is 5.82 Å². The third-order valence-corrected chi connectivity index (χ3v) is 8.16. The summed E-state index contributed by atoms with van der Waals surface area (Å²) in [7, 11) is 1.46. The standard InChI is InChI=1S/C27H32N4O2/c1-17-8-10-20-22(30(17)27(32)33-2)12-13-24-26(20)29-25(14-18-6-4-3-5-7-18)31(24)23-11-9-19-15-28-16-21(19)23/h3-7,12-13,17,19,21,23,28H,8-11,14-16H2,1-2H3/t17-,19+,21+,23+/m0/s1. The van der Waals surface area contributed by atoms with Crippen molar-refractivity contribution < 1.29 is 9.53 Å². The number of rotatable bonds is 3. The predicted molar refractivity (Wildman–Crippen MR) is 130 cm³/mol. The van der Waals surface area contributed by atoms with E-state index in [2.05, 4.69) is 59.3 Å². The number of benzene rings is 2. The zero-order valence-electron chi connectivity index (χ0n) is 19.5. The quantitative estimate of drug-likeness (QED) is 0.636. The minimum atomic E-state index is -0.289. The van der Waals surface area contributed by atoms with Crippen molar-refractivity contribution in [3.8, 4) is 0 Å². The maximum Gasteiger partial charge on any atom is 0.414 e. The Labute approximate surface area is 194 Å². The lowest BCUT2D eigenvalue weighted by molar-refractivity contribution is 0.175. The van der Waals surface area contributed by atoms with Crippen molar-refractivity contribution in [1.29, 1.82) is 0 Å². The maximum atomic E-state index is 12.6. The first-order valence-corrected chi connectivity index (χ1v) is 12.3. The molecule has 2 fully saturated rings. The summed E-state index contributed by atoms with van der Waals surface area (Å²) in [6.07, 6.45) is 4.88. The van der Waals surface area contributed by atoms with E-state index in [0.29, 0.717) is 12.0 Å². The molecule has 6 rings (SSSR count). The van der Waals surface area contributed by atoms with Gasteiger partial charge in [0.15, 0.2) is 0 Å². The molecule has 2 aliphatic heterocycles. The van der Waals surface area contributed by atoms with E-state index in [9.17, 15) is 4.79 Å². The Balaban J connectivity index is 1.51. The van der Waals surface area contributed by atoms with Crippen molar-refractivity contribution in [3.05, 3.63) is 59.4 Å². The molecule has 1 aromatic heterocycles. The molecule has 172 valence electrons. The molecule has 2 aromatic carbocycles. The highest BCUT2D eigenvalue weighted by Gasteiger charge is 2.42. The summed E-state index contributed by atoms with van der Waals surface area (Å²) in [6.45, 7) is 4.33. The van der Waals surface area contributed by atoms with Crippen LogP contribution >= 0.6 is 0 Å². The Kier molecular flexibility index (Phi) is 5.13. The zero-order chi connectivity index (χ0) is 22.5. The van der Waals surface area contributed by atoms with Gasteiger partial charge in [-0.25, -0.2) is 9.78 Å². The van der Waals surface area contributed by atoms with E-state index >= 15 is 0 Å². The van der Waals surface area contributed by atoms with Gasteiger partial charge in [0.25, 0.3) is 0 Å². The van der Waals surface area contributed by atoms with E-state index in [1.165, 1.54) is 36.6 Å². The monoisotopic (exact) mass is 444 g/mol. The number of methoxy groups -OCH3 is 1. The molecule has 4 atom stereocenters. The first-order valence-electron chi connectivity index (χ1n) is 12.3. The summed E-state index contributed by atoms with van der Waals surface area (Å²) in [4.78, 5) is 19.7. The first-order chi connectivity index (χ1) is 16.2. The molecular weight excluding hydrogens is 412 g/mol. The van der Waals surface area contributed by atoms with Crippen LogP contribution in [0.4, 0.5) is 10.5 Å². The van der Waals surface area contributed by atoms with Crippen molar-refractivity contribution in [2.45, 2.75) is 51.1 Å². The number of fused-ring (bicyclic) bond motifs is 4. The summed E-state index contributed by atoms with van der Waals surface area (Å²) >= 11 is 0. The number of ether oxygens (including phenoxy) is 1. The molecule has 1 amide bonds. The minimum Gasteiger partial charge on any atom is -0.452 e. The first kappa shape index (κ1) is 20.7. The molecule has 0 bridgehead atoms. The number of hydrogen-bond acceptors (Lipinski definition) is 4. The van der Waals surface area contributed by atoms with Crippen molar-refractivity contribution in [3.63, 3.8) is 0 Å². The molecule has 6 nitrogen and oxygen atoms in total. The molecule has 1 N–H and O–H groups in total. The fraction of sp³-hybridized carbons (Fsp3) is 0.481. The van der Waals surface area contributed by atoms with Gasteiger partial charge in [-0.15, -0.1) is 0 Å². The molecule has 0 radical (unpaired) electrons. The van der Waals surface area contributed by atoms with Gasteiger partial charge in [0.2, 0.25) is 0 Å². The SMILES string of the molecule is COC(=O)N1c2ccc3c(nc(Cc4ccccc4)n3[C@@H]3CC[C@@H]4CNC[C@H]43)c2CC[C@@H]1C. The number of imidazole rings is 1. The van der Waals surface area contributed by atoms with E-state index < -0.39 is 0 Å². The van der Waals surface area contributed by atoms with Crippen LogP contribution in [0.5, 0.6) is 0 Å². The largest absolute Gasteiger partial charge is 0.452 e. The highest BCUT2D eigenvalue weighted by atomic mass is 16.5. The molecule has 1 saturated heterocycles. The summed E-state index contributed by atoms with van der Waals surface area (Å²) in [5, 5.41) is 3.62.